The molecule has 1 aromatic carbocycles. The van der Waals surface area contributed by atoms with Gasteiger partial charge >= 0.3 is 0 Å². The zero-order valence-corrected chi connectivity index (χ0v) is 10.3. The molecular weight excluding hydrogens is 218 g/mol. The summed E-state index contributed by atoms with van der Waals surface area (Å²) in [6, 6.07) is 5.58. The molecule has 2 N–H and O–H groups in total. The van der Waals surface area contributed by atoms with E-state index in [-0.39, 0.29) is 12.5 Å². The fourth-order valence-corrected chi connectivity index (χ4v) is 1.48. The number of aliphatic hydroxyl groups excluding tert-OH is 1. The second kappa shape index (κ2) is 6.91. The maximum absolute atomic E-state index is 11.0. The molecule has 0 heterocycles. The topological polar surface area (TPSA) is 58.6 Å². The van der Waals surface area contributed by atoms with E-state index in [1.165, 1.54) is 0 Å². The van der Waals surface area contributed by atoms with Crippen LogP contribution in [0.25, 0.3) is 0 Å². The molecule has 17 heavy (non-hydrogen) atoms. The summed E-state index contributed by atoms with van der Waals surface area (Å²) in [5, 5.41) is 11.6. The molecule has 4 heteroatoms. The average Bonchev–Trinajstić information content (AvgIpc) is 2.34. The molecule has 0 aliphatic carbocycles. The highest BCUT2D eigenvalue weighted by Crippen LogP contribution is 2.17. The number of carbonyl (C=O) groups is 1. The zero-order valence-electron chi connectivity index (χ0n) is 10.3. The standard InChI is InChI=1S/C13H19NO3/c1-10-8-12(6-5-11(10)9-15)17-7-3-4-13(16)14-2/h5-6,8,15H,3-4,7,9H2,1-2H3,(H,14,16). The van der Waals surface area contributed by atoms with Gasteiger partial charge in [-0.05, 0) is 36.6 Å². The number of amides is 1. The summed E-state index contributed by atoms with van der Waals surface area (Å²) in [6.07, 6.45) is 1.17. The van der Waals surface area contributed by atoms with Gasteiger partial charge < -0.3 is 15.2 Å². The normalized spacial score (nSPS) is 10.1. The van der Waals surface area contributed by atoms with Crippen LogP contribution in [0.3, 0.4) is 0 Å². The molecule has 0 bridgehead atoms. The van der Waals surface area contributed by atoms with Crippen molar-refractivity contribution in [1.29, 1.82) is 0 Å². The molecule has 0 saturated heterocycles. The number of benzene rings is 1. The molecule has 0 fully saturated rings. The smallest absolute Gasteiger partial charge is 0.219 e. The molecule has 4 nitrogen and oxygen atoms in total. The van der Waals surface area contributed by atoms with Crippen LogP contribution in [0.5, 0.6) is 5.75 Å². The van der Waals surface area contributed by atoms with Crippen LogP contribution >= 0.6 is 0 Å². The van der Waals surface area contributed by atoms with Crippen LogP contribution in [0, 0.1) is 6.92 Å². The lowest BCUT2D eigenvalue weighted by atomic mass is 10.1. The van der Waals surface area contributed by atoms with Crippen LogP contribution in [-0.2, 0) is 11.4 Å². The molecule has 0 atom stereocenters. The minimum Gasteiger partial charge on any atom is -0.494 e. The van der Waals surface area contributed by atoms with Gasteiger partial charge in [0.25, 0.3) is 0 Å². The fourth-order valence-electron chi connectivity index (χ4n) is 1.48. The molecule has 94 valence electrons. The van der Waals surface area contributed by atoms with Crippen molar-refractivity contribution >= 4 is 5.91 Å². The summed E-state index contributed by atoms with van der Waals surface area (Å²) < 4.78 is 5.52. The number of carbonyl (C=O) groups excluding carboxylic acids is 1. The third-order valence-electron chi connectivity index (χ3n) is 2.58. The Morgan fingerprint density at radius 2 is 2.24 bits per heavy atom. The number of hydrogen-bond donors (Lipinski definition) is 2. The minimum absolute atomic E-state index is 0.0282. The van der Waals surface area contributed by atoms with Gasteiger partial charge in [0, 0.05) is 13.5 Å². The van der Waals surface area contributed by atoms with Crippen molar-refractivity contribution in [2.75, 3.05) is 13.7 Å². The van der Waals surface area contributed by atoms with Gasteiger partial charge in [-0.25, -0.2) is 0 Å². The summed E-state index contributed by atoms with van der Waals surface area (Å²) in [7, 11) is 1.63. The first-order chi connectivity index (χ1) is 8.17. The number of hydrogen-bond acceptors (Lipinski definition) is 3. The summed E-state index contributed by atoms with van der Waals surface area (Å²) in [4.78, 5) is 11.0. The Kier molecular flexibility index (Phi) is 5.49. The SMILES string of the molecule is CNC(=O)CCCOc1ccc(CO)c(C)c1. The van der Waals surface area contributed by atoms with Gasteiger partial charge in [0.05, 0.1) is 13.2 Å². The Morgan fingerprint density at radius 1 is 1.47 bits per heavy atom. The van der Waals surface area contributed by atoms with Crippen molar-refractivity contribution in [3.05, 3.63) is 29.3 Å². The van der Waals surface area contributed by atoms with Gasteiger partial charge in [-0.3, -0.25) is 4.79 Å². The van der Waals surface area contributed by atoms with E-state index >= 15 is 0 Å². The highest BCUT2D eigenvalue weighted by molar-refractivity contribution is 5.75. The summed E-state index contributed by atoms with van der Waals surface area (Å²) >= 11 is 0. The monoisotopic (exact) mass is 237 g/mol. The van der Waals surface area contributed by atoms with Gasteiger partial charge in [-0.15, -0.1) is 0 Å². The van der Waals surface area contributed by atoms with Gasteiger partial charge in [-0.1, -0.05) is 6.07 Å². The molecule has 1 rings (SSSR count). The maximum atomic E-state index is 11.0. The number of rotatable bonds is 6. The van der Waals surface area contributed by atoms with Crippen LogP contribution in [-0.4, -0.2) is 24.7 Å². The van der Waals surface area contributed by atoms with Crippen molar-refractivity contribution in [3.8, 4) is 5.75 Å². The molecule has 0 aromatic heterocycles. The second-order valence-electron chi connectivity index (χ2n) is 3.87. The van der Waals surface area contributed by atoms with Crippen LogP contribution in [0.4, 0.5) is 0 Å². The average molecular weight is 237 g/mol. The third kappa shape index (κ3) is 4.44. The second-order valence-corrected chi connectivity index (χ2v) is 3.87. The highest BCUT2D eigenvalue weighted by atomic mass is 16.5. The number of nitrogens with one attached hydrogen (secondary N) is 1. The Labute approximate surface area is 102 Å². The Hall–Kier alpha value is -1.55. The largest absolute Gasteiger partial charge is 0.494 e. The van der Waals surface area contributed by atoms with Crippen LogP contribution in [0.1, 0.15) is 24.0 Å². The first kappa shape index (κ1) is 13.5. The lowest BCUT2D eigenvalue weighted by Gasteiger charge is -2.08. The number of aliphatic hydroxyl groups is 1. The lowest BCUT2D eigenvalue weighted by Crippen LogP contribution is -2.18. The van der Waals surface area contributed by atoms with E-state index in [2.05, 4.69) is 5.32 Å². The van der Waals surface area contributed by atoms with Gasteiger partial charge in [-0.2, -0.15) is 0 Å². The summed E-state index contributed by atoms with van der Waals surface area (Å²) in [5.74, 6) is 0.803. The highest BCUT2D eigenvalue weighted by Gasteiger charge is 2.01. The third-order valence-corrected chi connectivity index (χ3v) is 2.58. The molecule has 0 radical (unpaired) electrons. The Morgan fingerprint density at radius 3 is 2.82 bits per heavy atom. The van der Waals surface area contributed by atoms with Crippen molar-refractivity contribution in [3.63, 3.8) is 0 Å². The van der Waals surface area contributed by atoms with E-state index in [4.69, 9.17) is 9.84 Å². The predicted octanol–water partition coefficient (Wildman–Crippen LogP) is 1.39. The van der Waals surface area contributed by atoms with Gasteiger partial charge in [0.1, 0.15) is 5.75 Å². The predicted molar refractivity (Wildman–Crippen MR) is 65.9 cm³/mol. The summed E-state index contributed by atoms with van der Waals surface area (Å²) in [5.41, 5.74) is 1.92. The van der Waals surface area contributed by atoms with Gasteiger partial charge in [0.15, 0.2) is 0 Å². The van der Waals surface area contributed by atoms with E-state index in [0.717, 1.165) is 16.9 Å². The van der Waals surface area contributed by atoms with E-state index in [0.29, 0.717) is 19.4 Å². The quantitative estimate of drug-likeness (QED) is 0.735. The Balaban J connectivity index is 2.37. The summed E-state index contributed by atoms with van der Waals surface area (Å²) in [6.45, 7) is 2.50. The van der Waals surface area contributed by atoms with Crippen molar-refractivity contribution in [2.24, 2.45) is 0 Å². The van der Waals surface area contributed by atoms with Crippen molar-refractivity contribution in [1.82, 2.24) is 5.32 Å². The van der Waals surface area contributed by atoms with Crippen LogP contribution < -0.4 is 10.1 Å². The minimum atomic E-state index is 0.0282. The first-order valence-electron chi connectivity index (χ1n) is 5.71. The van der Waals surface area contributed by atoms with Crippen molar-refractivity contribution < 1.29 is 14.6 Å². The van der Waals surface area contributed by atoms with E-state index in [9.17, 15) is 4.79 Å². The molecule has 0 aliphatic rings. The van der Waals surface area contributed by atoms with E-state index in [1.807, 2.05) is 25.1 Å². The van der Waals surface area contributed by atoms with E-state index < -0.39 is 0 Å². The van der Waals surface area contributed by atoms with Crippen LogP contribution in [0.2, 0.25) is 0 Å². The number of ether oxygens (including phenoxy) is 1. The molecule has 0 unspecified atom stereocenters. The van der Waals surface area contributed by atoms with Crippen molar-refractivity contribution in [2.45, 2.75) is 26.4 Å². The Bertz CT molecular complexity index is 377. The molecule has 0 saturated carbocycles. The van der Waals surface area contributed by atoms with Gasteiger partial charge in [0.2, 0.25) is 5.91 Å². The molecule has 1 aromatic rings. The molecular formula is C13H19NO3. The zero-order chi connectivity index (χ0) is 12.7. The molecule has 1 amide bonds. The fraction of sp³-hybridized carbons (Fsp3) is 0.462. The van der Waals surface area contributed by atoms with E-state index in [1.54, 1.807) is 7.05 Å². The van der Waals surface area contributed by atoms with Crippen LogP contribution in [0.15, 0.2) is 18.2 Å². The first-order valence-corrected chi connectivity index (χ1v) is 5.71. The molecule has 0 aliphatic heterocycles. The lowest BCUT2D eigenvalue weighted by molar-refractivity contribution is -0.120. The maximum Gasteiger partial charge on any atom is 0.219 e. The molecule has 0 spiro atoms. The number of aryl methyl sites for hydroxylation is 1.